The number of amides is 1. The fourth-order valence-electron chi connectivity index (χ4n) is 2.65. The Morgan fingerprint density at radius 2 is 1.65 bits per heavy atom. The van der Waals surface area contributed by atoms with Gasteiger partial charge in [0.1, 0.15) is 0 Å². The Morgan fingerprint density at radius 3 is 2.31 bits per heavy atom. The smallest absolute Gasteiger partial charge is 0.305 e. The molecule has 0 radical (unpaired) electrons. The third kappa shape index (κ3) is 6.33. The summed E-state index contributed by atoms with van der Waals surface area (Å²) in [5.41, 5.74) is 3.42. The highest BCUT2D eigenvalue weighted by Gasteiger charge is 2.14. The van der Waals surface area contributed by atoms with Crippen LogP contribution in [0, 0.1) is 6.92 Å². The van der Waals surface area contributed by atoms with Crippen LogP contribution < -0.4 is 10.6 Å². The molecule has 1 amide bonds. The first-order valence-corrected chi connectivity index (χ1v) is 8.78. The van der Waals surface area contributed by atoms with Crippen LogP contribution in [-0.2, 0) is 14.3 Å². The van der Waals surface area contributed by atoms with Crippen molar-refractivity contribution in [3.8, 4) is 0 Å². The third-order valence-corrected chi connectivity index (χ3v) is 4.12. The van der Waals surface area contributed by atoms with Crippen molar-refractivity contribution in [3.05, 3.63) is 71.3 Å². The Bertz CT molecular complexity index is 699. The van der Waals surface area contributed by atoms with Crippen LogP contribution in [0.4, 0.5) is 0 Å². The number of nitrogens with one attached hydrogen (secondary N) is 2. The van der Waals surface area contributed by atoms with Crippen molar-refractivity contribution in [1.29, 1.82) is 0 Å². The van der Waals surface area contributed by atoms with Crippen LogP contribution >= 0.6 is 0 Å². The maximum atomic E-state index is 12.1. The summed E-state index contributed by atoms with van der Waals surface area (Å²) < 4.78 is 4.58. The third-order valence-electron chi connectivity index (χ3n) is 4.12. The first-order chi connectivity index (χ1) is 12.6. The summed E-state index contributed by atoms with van der Waals surface area (Å²) >= 11 is 0. The number of carbonyl (C=O) groups excluding carboxylic acids is 2. The number of hydrogen-bond donors (Lipinski definition) is 2. The molecule has 0 aliphatic heterocycles. The zero-order valence-electron chi connectivity index (χ0n) is 15.3. The molecule has 0 saturated carbocycles. The van der Waals surface area contributed by atoms with Gasteiger partial charge in [-0.15, -0.1) is 0 Å². The molecule has 0 bridgehead atoms. The van der Waals surface area contributed by atoms with Crippen molar-refractivity contribution < 1.29 is 14.3 Å². The zero-order chi connectivity index (χ0) is 18.8. The van der Waals surface area contributed by atoms with E-state index in [1.165, 1.54) is 12.7 Å². The van der Waals surface area contributed by atoms with Crippen LogP contribution in [0.1, 0.15) is 35.6 Å². The number of hydrogen-bond acceptors (Lipinski definition) is 4. The molecule has 5 nitrogen and oxygen atoms in total. The molecule has 2 aromatic carbocycles. The predicted molar refractivity (Wildman–Crippen MR) is 102 cm³/mol. The van der Waals surface area contributed by atoms with E-state index in [2.05, 4.69) is 46.6 Å². The van der Waals surface area contributed by atoms with E-state index in [1.54, 1.807) is 0 Å². The van der Waals surface area contributed by atoms with E-state index in [4.69, 9.17) is 0 Å². The molecule has 0 aliphatic carbocycles. The van der Waals surface area contributed by atoms with Crippen molar-refractivity contribution in [1.82, 2.24) is 10.6 Å². The monoisotopic (exact) mass is 354 g/mol. The molecular weight excluding hydrogens is 328 g/mol. The Morgan fingerprint density at radius 1 is 1.00 bits per heavy atom. The van der Waals surface area contributed by atoms with Gasteiger partial charge in [-0.05, 0) is 24.5 Å². The number of esters is 1. The maximum Gasteiger partial charge on any atom is 0.305 e. The van der Waals surface area contributed by atoms with Gasteiger partial charge in [0.15, 0.2) is 0 Å². The van der Waals surface area contributed by atoms with Gasteiger partial charge in [-0.3, -0.25) is 14.9 Å². The van der Waals surface area contributed by atoms with Crippen LogP contribution in [0.2, 0.25) is 0 Å². The molecule has 5 heteroatoms. The molecular formula is C21H26N2O3. The minimum absolute atomic E-state index is 0.0578. The van der Waals surface area contributed by atoms with Gasteiger partial charge < -0.3 is 10.1 Å². The molecule has 2 rings (SSSR count). The van der Waals surface area contributed by atoms with Crippen LogP contribution in [0.3, 0.4) is 0 Å². The van der Waals surface area contributed by atoms with E-state index in [0.29, 0.717) is 19.4 Å². The molecule has 0 saturated heterocycles. The second kappa shape index (κ2) is 10.4. The molecule has 0 fully saturated rings. The van der Waals surface area contributed by atoms with Crippen LogP contribution in [-0.4, -0.2) is 32.1 Å². The predicted octanol–water partition coefficient (Wildman–Crippen LogP) is 2.74. The topological polar surface area (TPSA) is 67.4 Å². The lowest BCUT2D eigenvalue weighted by atomic mass is 9.98. The van der Waals surface area contributed by atoms with Gasteiger partial charge in [0.2, 0.25) is 5.91 Å². The van der Waals surface area contributed by atoms with Crippen molar-refractivity contribution >= 4 is 11.9 Å². The van der Waals surface area contributed by atoms with E-state index in [1.807, 2.05) is 30.3 Å². The number of methoxy groups -OCH3 is 1. The van der Waals surface area contributed by atoms with Crippen molar-refractivity contribution in [2.24, 2.45) is 0 Å². The Balaban J connectivity index is 1.92. The van der Waals surface area contributed by atoms with Crippen LogP contribution in [0.5, 0.6) is 0 Å². The fourth-order valence-corrected chi connectivity index (χ4v) is 2.65. The highest BCUT2D eigenvalue weighted by atomic mass is 16.5. The van der Waals surface area contributed by atoms with Gasteiger partial charge in [0.25, 0.3) is 0 Å². The van der Waals surface area contributed by atoms with E-state index in [-0.39, 0.29) is 24.5 Å². The van der Waals surface area contributed by atoms with E-state index in [0.717, 1.165) is 11.1 Å². The molecule has 0 heterocycles. The average molecular weight is 354 g/mol. The number of ether oxygens (including phenoxy) is 1. The number of carbonyl (C=O) groups is 2. The zero-order valence-corrected chi connectivity index (χ0v) is 15.3. The average Bonchev–Trinajstić information content (AvgIpc) is 2.67. The summed E-state index contributed by atoms with van der Waals surface area (Å²) in [5.74, 6) is -0.358. The van der Waals surface area contributed by atoms with Gasteiger partial charge in [-0.2, -0.15) is 0 Å². The van der Waals surface area contributed by atoms with Crippen molar-refractivity contribution in [2.45, 2.75) is 25.8 Å². The lowest BCUT2D eigenvalue weighted by molar-refractivity contribution is -0.140. The molecule has 0 unspecified atom stereocenters. The van der Waals surface area contributed by atoms with Gasteiger partial charge in [-0.25, -0.2) is 0 Å². The standard InChI is InChI=1S/C21H26N2O3/c1-16-10-12-18(13-11-16)21(17-7-4-3-5-8-17)23-15-19(24)22-14-6-9-20(25)26-2/h3-5,7-8,10-13,21,23H,6,9,14-15H2,1-2H3,(H,22,24)/t21-/m0/s1. The second-order valence-electron chi connectivity index (χ2n) is 6.16. The summed E-state index contributed by atoms with van der Waals surface area (Å²) in [6, 6.07) is 18.3. The maximum absolute atomic E-state index is 12.1. The molecule has 0 aliphatic rings. The van der Waals surface area contributed by atoms with E-state index >= 15 is 0 Å². The molecule has 2 N–H and O–H groups in total. The molecule has 1 atom stereocenters. The minimum atomic E-state index is -0.263. The van der Waals surface area contributed by atoms with Crippen molar-refractivity contribution in [2.75, 3.05) is 20.2 Å². The van der Waals surface area contributed by atoms with Gasteiger partial charge in [0, 0.05) is 13.0 Å². The van der Waals surface area contributed by atoms with Gasteiger partial charge in [0.05, 0.1) is 19.7 Å². The first-order valence-electron chi connectivity index (χ1n) is 8.78. The highest BCUT2D eigenvalue weighted by molar-refractivity contribution is 5.78. The van der Waals surface area contributed by atoms with Gasteiger partial charge in [-0.1, -0.05) is 60.2 Å². The second-order valence-corrected chi connectivity index (χ2v) is 6.16. The highest BCUT2D eigenvalue weighted by Crippen LogP contribution is 2.22. The normalized spacial score (nSPS) is 11.6. The number of benzene rings is 2. The van der Waals surface area contributed by atoms with E-state index in [9.17, 15) is 9.59 Å². The number of rotatable bonds is 9. The molecule has 26 heavy (non-hydrogen) atoms. The lowest BCUT2D eigenvalue weighted by Crippen LogP contribution is -2.36. The summed E-state index contributed by atoms with van der Waals surface area (Å²) in [6.07, 6.45) is 0.874. The summed E-state index contributed by atoms with van der Waals surface area (Å²) in [4.78, 5) is 23.2. The molecule has 0 spiro atoms. The first kappa shape index (κ1) is 19.7. The fraction of sp³-hybridized carbons (Fsp3) is 0.333. The summed E-state index contributed by atoms with van der Waals surface area (Å²) in [7, 11) is 1.36. The summed E-state index contributed by atoms with van der Waals surface area (Å²) in [5, 5.41) is 6.15. The summed E-state index contributed by atoms with van der Waals surface area (Å²) in [6.45, 7) is 2.71. The SMILES string of the molecule is COC(=O)CCCNC(=O)CN[C@@H](c1ccccc1)c1ccc(C)cc1. The van der Waals surface area contributed by atoms with E-state index < -0.39 is 0 Å². The largest absolute Gasteiger partial charge is 0.469 e. The lowest BCUT2D eigenvalue weighted by Gasteiger charge is -2.20. The molecule has 2 aromatic rings. The Labute approximate surface area is 154 Å². The molecule has 138 valence electrons. The molecule has 0 aromatic heterocycles. The van der Waals surface area contributed by atoms with Crippen LogP contribution in [0.25, 0.3) is 0 Å². The van der Waals surface area contributed by atoms with Gasteiger partial charge >= 0.3 is 5.97 Å². The number of aryl methyl sites for hydroxylation is 1. The van der Waals surface area contributed by atoms with Crippen molar-refractivity contribution in [3.63, 3.8) is 0 Å². The van der Waals surface area contributed by atoms with Crippen LogP contribution in [0.15, 0.2) is 54.6 Å². The Kier molecular flexibility index (Phi) is 7.83. The quantitative estimate of drug-likeness (QED) is 0.537. The Hall–Kier alpha value is -2.66. The minimum Gasteiger partial charge on any atom is -0.469 e.